The number of carbonyl (C=O) groups excluding carboxylic acids is 2. The zero-order valence-corrected chi connectivity index (χ0v) is 11.0. The van der Waals surface area contributed by atoms with Crippen molar-refractivity contribution in [2.45, 2.75) is 6.92 Å². The third-order valence-electron chi connectivity index (χ3n) is 2.40. The van der Waals surface area contributed by atoms with Crippen LogP contribution < -0.4 is 5.32 Å². The number of halogens is 1. The lowest BCUT2D eigenvalue weighted by Gasteiger charge is -2.10. The highest BCUT2D eigenvalue weighted by Crippen LogP contribution is 2.21. The Morgan fingerprint density at radius 2 is 2.00 bits per heavy atom. The number of rotatable bonds is 4. The number of esters is 1. The van der Waals surface area contributed by atoms with Crippen LogP contribution in [0.4, 0.5) is 5.69 Å². The number of anilines is 1. The van der Waals surface area contributed by atoms with Crippen molar-refractivity contribution in [2.75, 3.05) is 12.4 Å². The van der Waals surface area contributed by atoms with Gasteiger partial charge in [0, 0.05) is 5.69 Å². The van der Waals surface area contributed by atoms with E-state index in [2.05, 4.69) is 10.1 Å². The van der Waals surface area contributed by atoms with Crippen LogP contribution in [0.1, 0.15) is 17.3 Å². The molecular formula is C12H12ClNO5. The molecule has 1 unspecified atom stereocenters. The van der Waals surface area contributed by atoms with Crippen LogP contribution in [0, 0.1) is 5.92 Å². The first-order valence-electron chi connectivity index (χ1n) is 5.28. The second-order valence-corrected chi connectivity index (χ2v) is 4.14. The van der Waals surface area contributed by atoms with E-state index in [9.17, 15) is 14.4 Å². The van der Waals surface area contributed by atoms with Crippen LogP contribution in [0.2, 0.25) is 5.02 Å². The summed E-state index contributed by atoms with van der Waals surface area (Å²) in [5.74, 6) is -3.77. The number of ether oxygens (including phenoxy) is 1. The van der Waals surface area contributed by atoms with E-state index in [1.165, 1.54) is 32.2 Å². The smallest absolute Gasteiger partial charge is 0.339 e. The molecule has 1 atom stereocenters. The predicted octanol–water partition coefficient (Wildman–Crippen LogP) is 1.79. The second kappa shape index (κ2) is 6.19. The summed E-state index contributed by atoms with van der Waals surface area (Å²) in [6.45, 7) is 1.26. The van der Waals surface area contributed by atoms with E-state index in [1.807, 2.05) is 0 Å². The molecule has 0 aromatic heterocycles. The first kappa shape index (κ1) is 15.0. The van der Waals surface area contributed by atoms with E-state index in [4.69, 9.17) is 16.7 Å². The van der Waals surface area contributed by atoms with E-state index in [0.29, 0.717) is 0 Å². The second-order valence-electron chi connectivity index (χ2n) is 3.74. The molecule has 1 rings (SSSR count). The molecule has 1 aromatic carbocycles. The summed E-state index contributed by atoms with van der Waals surface area (Å²) in [6, 6.07) is 4.19. The third-order valence-corrected chi connectivity index (χ3v) is 2.73. The molecule has 1 aromatic rings. The molecule has 0 saturated carbocycles. The average molecular weight is 286 g/mol. The maximum Gasteiger partial charge on any atom is 0.339 e. The minimum Gasteiger partial charge on any atom is -0.481 e. The highest BCUT2D eigenvalue weighted by atomic mass is 35.5. The van der Waals surface area contributed by atoms with Gasteiger partial charge < -0.3 is 15.2 Å². The minimum atomic E-state index is -1.24. The van der Waals surface area contributed by atoms with Crippen molar-refractivity contribution in [1.82, 2.24) is 0 Å². The fourth-order valence-corrected chi connectivity index (χ4v) is 1.43. The molecule has 102 valence electrons. The molecule has 6 nitrogen and oxygen atoms in total. The molecule has 7 heteroatoms. The number of carbonyl (C=O) groups is 3. The van der Waals surface area contributed by atoms with Crippen LogP contribution in [0.15, 0.2) is 18.2 Å². The fraction of sp³-hybridized carbons (Fsp3) is 0.250. The number of hydrogen-bond acceptors (Lipinski definition) is 4. The summed E-state index contributed by atoms with van der Waals surface area (Å²) < 4.78 is 4.53. The maximum absolute atomic E-state index is 11.5. The summed E-state index contributed by atoms with van der Waals surface area (Å²) in [6.07, 6.45) is 0. The Hall–Kier alpha value is -2.08. The van der Waals surface area contributed by atoms with Gasteiger partial charge in [-0.25, -0.2) is 4.79 Å². The summed E-state index contributed by atoms with van der Waals surface area (Å²) in [5.41, 5.74) is 0.354. The van der Waals surface area contributed by atoms with E-state index >= 15 is 0 Å². The molecule has 2 N–H and O–H groups in total. The van der Waals surface area contributed by atoms with Crippen LogP contribution in [0.5, 0.6) is 0 Å². The lowest BCUT2D eigenvalue weighted by molar-refractivity contribution is -0.144. The van der Waals surface area contributed by atoms with Crippen LogP contribution in [0.3, 0.4) is 0 Å². The molecule has 0 radical (unpaired) electrons. The molecule has 0 aliphatic rings. The first-order valence-corrected chi connectivity index (χ1v) is 5.66. The van der Waals surface area contributed by atoms with Gasteiger partial charge in [0.1, 0.15) is 5.92 Å². The molecule has 0 saturated heterocycles. The summed E-state index contributed by atoms with van der Waals surface area (Å²) in [5, 5.41) is 11.3. The van der Waals surface area contributed by atoms with Crippen molar-refractivity contribution >= 4 is 35.1 Å². The van der Waals surface area contributed by atoms with Crippen molar-refractivity contribution in [2.24, 2.45) is 5.92 Å². The van der Waals surface area contributed by atoms with Gasteiger partial charge in [-0.1, -0.05) is 11.6 Å². The monoisotopic (exact) mass is 285 g/mol. The van der Waals surface area contributed by atoms with Crippen LogP contribution >= 0.6 is 11.6 Å². The lowest BCUT2D eigenvalue weighted by atomic mass is 10.1. The van der Waals surface area contributed by atoms with Gasteiger partial charge >= 0.3 is 11.9 Å². The van der Waals surface area contributed by atoms with Gasteiger partial charge in [0.25, 0.3) is 0 Å². The highest BCUT2D eigenvalue weighted by molar-refractivity contribution is 6.33. The van der Waals surface area contributed by atoms with Gasteiger partial charge in [-0.05, 0) is 25.1 Å². The van der Waals surface area contributed by atoms with Gasteiger partial charge in [-0.15, -0.1) is 0 Å². The number of carboxylic acids is 1. The van der Waals surface area contributed by atoms with Crippen LogP contribution in [0.25, 0.3) is 0 Å². The SMILES string of the molecule is COC(=O)c1cc(NC(=O)C(C)C(=O)O)ccc1Cl. The fourth-order valence-electron chi connectivity index (χ4n) is 1.23. The Morgan fingerprint density at radius 3 is 2.53 bits per heavy atom. The molecule has 0 aliphatic carbocycles. The third kappa shape index (κ3) is 3.69. The quantitative estimate of drug-likeness (QED) is 0.650. The zero-order valence-electron chi connectivity index (χ0n) is 10.3. The van der Waals surface area contributed by atoms with Crippen molar-refractivity contribution in [1.29, 1.82) is 0 Å². The highest BCUT2D eigenvalue weighted by Gasteiger charge is 2.21. The predicted molar refractivity (Wildman–Crippen MR) is 68.2 cm³/mol. The Kier molecular flexibility index (Phi) is 4.88. The number of hydrogen-bond donors (Lipinski definition) is 2. The van der Waals surface area contributed by atoms with E-state index in [0.717, 1.165) is 0 Å². The lowest BCUT2D eigenvalue weighted by Crippen LogP contribution is -2.26. The largest absolute Gasteiger partial charge is 0.481 e. The molecule has 0 fully saturated rings. The Balaban J connectivity index is 2.94. The molecule has 0 spiro atoms. The molecule has 0 aliphatic heterocycles. The minimum absolute atomic E-state index is 0.0879. The molecule has 19 heavy (non-hydrogen) atoms. The first-order chi connectivity index (χ1) is 8.86. The van der Waals surface area contributed by atoms with Gasteiger partial charge in [0.15, 0.2) is 0 Å². The summed E-state index contributed by atoms with van der Waals surface area (Å²) >= 11 is 5.81. The summed E-state index contributed by atoms with van der Waals surface area (Å²) in [4.78, 5) is 33.6. The summed E-state index contributed by atoms with van der Waals surface area (Å²) in [7, 11) is 1.20. The van der Waals surface area contributed by atoms with E-state index < -0.39 is 23.8 Å². The Morgan fingerprint density at radius 1 is 1.37 bits per heavy atom. The van der Waals surface area contributed by atoms with Crippen molar-refractivity contribution in [3.05, 3.63) is 28.8 Å². The van der Waals surface area contributed by atoms with Crippen molar-refractivity contribution in [3.8, 4) is 0 Å². The number of methoxy groups -OCH3 is 1. The number of benzene rings is 1. The molecule has 0 bridgehead atoms. The van der Waals surface area contributed by atoms with Crippen LogP contribution in [-0.2, 0) is 14.3 Å². The van der Waals surface area contributed by atoms with Gasteiger partial charge in [-0.2, -0.15) is 0 Å². The molecule has 1 amide bonds. The van der Waals surface area contributed by atoms with E-state index in [1.54, 1.807) is 0 Å². The molecule has 0 heterocycles. The average Bonchev–Trinajstić information content (AvgIpc) is 2.38. The van der Waals surface area contributed by atoms with Gasteiger partial charge in [0.2, 0.25) is 5.91 Å². The van der Waals surface area contributed by atoms with E-state index in [-0.39, 0.29) is 16.3 Å². The topological polar surface area (TPSA) is 92.7 Å². The van der Waals surface area contributed by atoms with Gasteiger partial charge in [-0.3, -0.25) is 9.59 Å². The Labute approximate surface area is 114 Å². The molecular weight excluding hydrogens is 274 g/mol. The van der Waals surface area contributed by atoms with Crippen molar-refractivity contribution < 1.29 is 24.2 Å². The Bertz CT molecular complexity index is 529. The standard InChI is InChI=1S/C12H12ClNO5/c1-6(11(16)17)10(15)14-7-3-4-9(13)8(5-7)12(18)19-2/h3-6H,1-2H3,(H,14,15)(H,16,17). The number of amides is 1. The maximum atomic E-state index is 11.5. The number of carboxylic acid groups (broad SMARTS) is 1. The van der Waals surface area contributed by atoms with Crippen molar-refractivity contribution in [3.63, 3.8) is 0 Å². The van der Waals surface area contributed by atoms with Gasteiger partial charge in [0.05, 0.1) is 17.7 Å². The zero-order chi connectivity index (χ0) is 14.6. The van der Waals surface area contributed by atoms with Crippen LogP contribution in [-0.4, -0.2) is 30.1 Å². The normalized spacial score (nSPS) is 11.5. The number of nitrogens with one attached hydrogen (secondary N) is 1. The number of aliphatic carboxylic acids is 1.